The zero-order chi connectivity index (χ0) is 26.1. The number of unbranched alkanes of at least 4 members (excludes halogenated alkanes) is 6. The molecule has 0 atom stereocenters. The quantitative estimate of drug-likeness (QED) is 0.118. The fourth-order valence-electron chi connectivity index (χ4n) is 2.81. The summed E-state index contributed by atoms with van der Waals surface area (Å²) in [6.45, 7) is 10.6. The molecular weight excluding hydrogens is 476 g/mol. The van der Waals surface area contributed by atoms with Crippen molar-refractivity contribution in [3.05, 3.63) is 0 Å². The summed E-state index contributed by atoms with van der Waals surface area (Å²) in [6.07, 6.45) is 11.5. The van der Waals surface area contributed by atoms with E-state index in [1.807, 2.05) is 0 Å². The van der Waals surface area contributed by atoms with E-state index in [1.165, 1.54) is 20.8 Å². The molecule has 0 spiro atoms. The topological polar surface area (TPSA) is 102 Å². The van der Waals surface area contributed by atoms with Crippen LogP contribution >= 0.6 is 0 Å². The van der Waals surface area contributed by atoms with E-state index in [1.54, 1.807) is 0 Å². The van der Waals surface area contributed by atoms with Gasteiger partial charge in [0, 0.05) is 36.3 Å². The van der Waals surface area contributed by atoms with Gasteiger partial charge in [0.15, 0.2) is 0 Å². The van der Waals surface area contributed by atoms with E-state index in [4.69, 9.17) is 0 Å². The number of hydrogen-bond acceptors (Lipinski definition) is 6. The number of hydrogen-bond donors (Lipinski definition) is 0. The van der Waals surface area contributed by atoms with Crippen LogP contribution in [-0.4, -0.2) is 34.7 Å². The molecule has 0 saturated carbocycles. The van der Waals surface area contributed by atoms with Gasteiger partial charge in [-0.1, -0.05) is 59.3 Å². The molecule has 0 rings (SSSR count). The first-order valence-electron chi connectivity index (χ1n) is 12.5. The van der Waals surface area contributed by atoms with Crippen molar-refractivity contribution in [3.8, 4) is 0 Å². The molecule has 0 fully saturated rings. The second-order valence-electron chi connectivity index (χ2n) is 8.62. The summed E-state index contributed by atoms with van der Waals surface area (Å²) < 4.78 is 0. The summed E-state index contributed by atoms with van der Waals surface area (Å²) >= 11 is 0. The van der Waals surface area contributed by atoms with Crippen LogP contribution in [0.2, 0.25) is 0 Å². The van der Waals surface area contributed by atoms with Crippen molar-refractivity contribution >= 4 is 34.7 Å². The van der Waals surface area contributed by atoms with E-state index >= 15 is 0 Å². The monoisotopic (exact) mass is 524 g/mol. The van der Waals surface area contributed by atoms with Crippen molar-refractivity contribution in [2.75, 3.05) is 0 Å². The predicted molar refractivity (Wildman–Crippen MR) is 133 cm³/mol. The van der Waals surface area contributed by atoms with Crippen molar-refractivity contribution in [2.45, 2.75) is 138 Å². The van der Waals surface area contributed by atoms with Crippen LogP contribution < -0.4 is 0 Å². The molecule has 0 saturated heterocycles. The molecule has 0 bridgehead atoms. The zero-order valence-electron chi connectivity index (χ0n) is 22.4. The second-order valence-corrected chi connectivity index (χ2v) is 8.62. The molecule has 0 unspecified atom stereocenters. The molecule has 0 aliphatic heterocycles. The van der Waals surface area contributed by atoms with Crippen molar-refractivity contribution < 1.29 is 45.8 Å². The van der Waals surface area contributed by atoms with Crippen LogP contribution in [0.15, 0.2) is 0 Å². The van der Waals surface area contributed by atoms with Gasteiger partial charge in [0.05, 0.1) is 19.3 Å². The molecular formula is C27H48FeO6. The van der Waals surface area contributed by atoms with Crippen molar-refractivity contribution in [1.82, 2.24) is 0 Å². The van der Waals surface area contributed by atoms with Crippen molar-refractivity contribution in [2.24, 2.45) is 0 Å². The third kappa shape index (κ3) is 40.9. The van der Waals surface area contributed by atoms with Crippen LogP contribution in [-0.2, 0) is 45.8 Å². The Hall–Kier alpha value is -1.46. The van der Waals surface area contributed by atoms with E-state index in [2.05, 4.69) is 20.8 Å². The molecule has 7 heteroatoms. The van der Waals surface area contributed by atoms with Gasteiger partial charge >= 0.3 is 0 Å². The molecule has 0 amide bonds. The van der Waals surface area contributed by atoms with E-state index in [0.717, 1.165) is 57.8 Å². The van der Waals surface area contributed by atoms with Gasteiger partial charge < -0.3 is 0 Å². The summed E-state index contributed by atoms with van der Waals surface area (Å²) in [4.78, 5) is 64.1. The Morgan fingerprint density at radius 2 is 0.618 bits per heavy atom. The average Bonchev–Trinajstić information content (AvgIpc) is 2.68. The average molecular weight is 525 g/mol. The molecule has 0 aromatic carbocycles. The summed E-state index contributed by atoms with van der Waals surface area (Å²) in [5.74, 6) is 0.201. The second kappa shape index (κ2) is 29.6. The van der Waals surface area contributed by atoms with E-state index < -0.39 is 0 Å². The molecule has 200 valence electrons. The first kappa shape index (κ1) is 39.7. The molecule has 0 N–H and O–H groups in total. The molecule has 0 aliphatic rings. The molecule has 34 heavy (non-hydrogen) atoms. The molecule has 0 heterocycles. The molecule has 6 nitrogen and oxygen atoms in total. The summed E-state index contributed by atoms with van der Waals surface area (Å²) in [6, 6.07) is 0. The van der Waals surface area contributed by atoms with Gasteiger partial charge in [-0.3, -0.25) is 28.8 Å². The van der Waals surface area contributed by atoms with Crippen LogP contribution in [0.5, 0.6) is 0 Å². The number of carbonyl (C=O) groups is 6. The number of carbonyl (C=O) groups excluding carboxylic acids is 6. The van der Waals surface area contributed by atoms with Crippen molar-refractivity contribution in [1.29, 1.82) is 0 Å². The predicted octanol–water partition coefficient (Wildman–Crippen LogP) is 6.34. The largest absolute Gasteiger partial charge is 0.300 e. The van der Waals surface area contributed by atoms with Gasteiger partial charge in [0.1, 0.15) is 34.7 Å². The number of ketones is 6. The van der Waals surface area contributed by atoms with Gasteiger partial charge in [0.25, 0.3) is 0 Å². The van der Waals surface area contributed by atoms with Crippen LogP contribution in [0, 0.1) is 0 Å². The van der Waals surface area contributed by atoms with Gasteiger partial charge in [-0.15, -0.1) is 0 Å². The molecule has 0 aromatic rings. The van der Waals surface area contributed by atoms with Gasteiger partial charge in [-0.05, 0) is 40.0 Å². The third-order valence-electron chi connectivity index (χ3n) is 4.52. The SMILES string of the molecule is CCCCCC(=O)CC(C)=O.CCCCCC(=O)CC(C)=O.CCCCCC(=O)CC(C)=O.[Fe]. The van der Waals surface area contributed by atoms with Crippen LogP contribution in [0.3, 0.4) is 0 Å². The van der Waals surface area contributed by atoms with Gasteiger partial charge in [-0.2, -0.15) is 0 Å². The smallest absolute Gasteiger partial charge is 0.140 e. The fraction of sp³-hybridized carbons (Fsp3) is 0.778. The molecule has 0 aromatic heterocycles. The Morgan fingerprint density at radius 1 is 0.412 bits per heavy atom. The summed E-state index contributed by atoms with van der Waals surface area (Å²) in [5.41, 5.74) is 0. The van der Waals surface area contributed by atoms with Gasteiger partial charge in [0.2, 0.25) is 0 Å². The molecule has 0 aliphatic carbocycles. The maximum atomic E-state index is 10.9. The molecule has 0 radical (unpaired) electrons. The first-order valence-corrected chi connectivity index (χ1v) is 12.5. The van der Waals surface area contributed by atoms with Crippen LogP contribution in [0.25, 0.3) is 0 Å². The first-order chi connectivity index (χ1) is 15.5. The minimum Gasteiger partial charge on any atom is -0.300 e. The van der Waals surface area contributed by atoms with E-state index in [0.29, 0.717) is 19.3 Å². The van der Waals surface area contributed by atoms with Gasteiger partial charge in [-0.25, -0.2) is 0 Å². The Labute approximate surface area is 218 Å². The Morgan fingerprint density at radius 3 is 0.765 bits per heavy atom. The van der Waals surface area contributed by atoms with Crippen LogP contribution in [0.4, 0.5) is 0 Å². The Kier molecular flexibility index (Phi) is 34.6. The third-order valence-corrected chi connectivity index (χ3v) is 4.52. The summed E-state index contributed by atoms with van der Waals surface area (Å²) in [5, 5.41) is 0. The van der Waals surface area contributed by atoms with Crippen molar-refractivity contribution in [3.63, 3.8) is 0 Å². The summed E-state index contributed by atoms with van der Waals surface area (Å²) in [7, 11) is 0. The Balaban J connectivity index is -0.000000196. The Bertz CT molecular complexity index is 503. The van der Waals surface area contributed by atoms with E-state index in [9.17, 15) is 28.8 Å². The normalized spacial score (nSPS) is 9.35. The number of rotatable bonds is 18. The zero-order valence-corrected chi connectivity index (χ0v) is 23.5. The standard InChI is InChI=1S/3C9H16O2.Fe/c3*1-3-4-5-6-9(11)7-8(2)10;/h3*3-7H2,1-2H3;. The minimum atomic E-state index is -0.0218. The number of Topliss-reactive ketones (excluding diaryl/α,β-unsaturated/α-hetero) is 6. The fourth-order valence-corrected chi connectivity index (χ4v) is 2.81. The minimum absolute atomic E-state index is 0. The maximum Gasteiger partial charge on any atom is 0.140 e. The van der Waals surface area contributed by atoms with E-state index in [-0.39, 0.29) is 71.0 Å². The van der Waals surface area contributed by atoms with Crippen LogP contribution in [0.1, 0.15) is 138 Å². The maximum absolute atomic E-state index is 10.9.